The van der Waals surface area contributed by atoms with E-state index in [1.54, 1.807) is 19.1 Å². The fraction of sp³-hybridized carbons (Fsp3) is 0.421. The number of aromatic nitrogens is 2. The van der Waals surface area contributed by atoms with Crippen LogP contribution in [0, 0.1) is 0 Å². The number of aryl methyl sites for hydroxylation is 1. The predicted octanol–water partition coefficient (Wildman–Crippen LogP) is 0.550. The first kappa shape index (κ1) is 19.8. The van der Waals surface area contributed by atoms with Crippen LogP contribution < -0.4 is 5.32 Å². The first-order valence-electron chi connectivity index (χ1n) is 9.08. The average Bonchev–Trinajstić information content (AvgIpc) is 3.21. The summed E-state index contributed by atoms with van der Waals surface area (Å²) in [5.41, 5.74) is 2.54. The van der Waals surface area contributed by atoms with E-state index in [9.17, 15) is 14.7 Å². The smallest absolute Gasteiger partial charge is 0.337 e. The Kier molecular flexibility index (Phi) is 5.96. The Labute approximate surface area is 162 Å². The molecule has 9 heteroatoms. The Morgan fingerprint density at radius 2 is 2.25 bits per heavy atom. The molecule has 1 aliphatic heterocycles. The average molecular weight is 388 g/mol. The number of rotatable bonds is 8. The van der Waals surface area contributed by atoms with E-state index in [4.69, 9.17) is 9.84 Å². The van der Waals surface area contributed by atoms with Gasteiger partial charge < -0.3 is 30.2 Å². The number of aliphatic hydroxyl groups excluding tert-OH is 2. The summed E-state index contributed by atoms with van der Waals surface area (Å²) in [6.07, 6.45) is 0.834. The molecule has 1 amide bonds. The highest BCUT2D eigenvalue weighted by Gasteiger charge is 2.34. The summed E-state index contributed by atoms with van der Waals surface area (Å²) < 4.78 is 4.78. The van der Waals surface area contributed by atoms with Crippen LogP contribution in [-0.4, -0.2) is 69.9 Å². The number of ether oxygens (including phenoxy) is 1. The monoisotopic (exact) mass is 388 g/mol. The highest BCUT2D eigenvalue weighted by molar-refractivity contribution is 6.08. The number of H-pyrrole nitrogens is 1. The molecule has 1 aromatic carbocycles. The lowest BCUT2D eigenvalue weighted by atomic mass is 10.2. The molecular weight excluding hydrogens is 364 g/mol. The third kappa shape index (κ3) is 4.15. The standard InChI is InChI=1S/C19H24N4O5/c1-11(25)3-6-16-21-14-5-4-12(9-15(14)22-16)20-17-13(19(27)28-2)10-23(7-8-24)18(17)26/h4-5,9,11,20,24-25H,3,6-8,10H2,1-2H3,(H,21,22). The Balaban J connectivity index is 1.85. The number of aromatic amines is 1. The SMILES string of the molecule is COC(=O)C1=C(Nc2ccc3nc(CCC(C)O)[nH]c3c2)C(=O)N(CCO)C1. The van der Waals surface area contributed by atoms with Crippen molar-refractivity contribution in [2.24, 2.45) is 0 Å². The molecule has 2 heterocycles. The summed E-state index contributed by atoms with van der Waals surface area (Å²) in [7, 11) is 1.26. The third-order valence-corrected chi connectivity index (χ3v) is 4.55. The quantitative estimate of drug-likeness (QED) is 0.486. The molecule has 1 aliphatic rings. The normalized spacial score (nSPS) is 15.4. The number of hydrogen-bond acceptors (Lipinski definition) is 7. The largest absolute Gasteiger partial charge is 0.466 e. The van der Waals surface area contributed by atoms with Gasteiger partial charge in [0.25, 0.3) is 5.91 Å². The summed E-state index contributed by atoms with van der Waals surface area (Å²) in [5.74, 6) is -0.176. The zero-order valence-corrected chi connectivity index (χ0v) is 15.9. The van der Waals surface area contributed by atoms with E-state index in [1.165, 1.54) is 12.0 Å². The minimum atomic E-state index is -0.584. The molecule has 0 radical (unpaired) electrons. The van der Waals surface area contributed by atoms with E-state index in [0.717, 1.165) is 16.9 Å². The molecule has 4 N–H and O–H groups in total. The number of nitrogens with one attached hydrogen (secondary N) is 2. The number of methoxy groups -OCH3 is 1. The van der Waals surface area contributed by atoms with Gasteiger partial charge in [0.2, 0.25) is 0 Å². The van der Waals surface area contributed by atoms with Crippen LogP contribution in [0.4, 0.5) is 5.69 Å². The van der Waals surface area contributed by atoms with E-state index in [-0.39, 0.29) is 36.9 Å². The van der Waals surface area contributed by atoms with Crippen molar-refractivity contribution in [2.45, 2.75) is 25.9 Å². The molecule has 1 aromatic heterocycles. The number of amides is 1. The lowest BCUT2D eigenvalue weighted by Crippen LogP contribution is -2.31. The molecule has 1 unspecified atom stereocenters. The lowest BCUT2D eigenvalue weighted by Gasteiger charge is -2.15. The van der Waals surface area contributed by atoms with Crippen molar-refractivity contribution in [3.63, 3.8) is 0 Å². The number of carbonyl (C=O) groups is 2. The van der Waals surface area contributed by atoms with Gasteiger partial charge in [0, 0.05) is 18.7 Å². The molecule has 0 aliphatic carbocycles. The van der Waals surface area contributed by atoms with Crippen molar-refractivity contribution in [1.82, 2.24) is 14.9 Å². The molecule has 0 saturated heterocycles. The van der Waals surface area contributed by atoms with Crippen LogP contribution in [0.2, 0.25) is 0 Å². The van der Waals surface area contributed by atoms with Crippen molar-refractivity contribution in [3.05, 3.63) is 35.3 Å². The number of aliphatic hydroxyl groups is 2. The van der Waals surface area contributed by atoms with Crippen molar-refractivity contribution < 1.29 is 24.5 Å². The maximum Gasteiger partial charge on any atom is 0.337 e. The van der Waals surface area contributed by atoms with Gasteiger partial charge in [-0.05, 0) is 31.5 Å². The summed E-state index contributed by atoms with van der Waals surface area (Å²) in [4.78, 5) is 33.7. The molecule has 2 aromatic rings. The molecule has 28 heavy (non-hydrogen) atoms. The minimum Gasteiger partial charge on any atom is -0.466 e. The number of β-amino-alcohol motifs (C(OH)–C–C–N with tert-alkyl or cyclic N) is 1. The molecule has 150 valence electrons. The second kappa shape index (κ2) is 8.41. The van der Waals surface area contributed by atoms with Crippen LogP contribution in [0.3, 0.4) is 0 Å². The third-order valence-electron chi connectivity index (χ3n) is 4.55. The Morgan fingerprint density at radius 1 is 1.46 bits per heavy atom. The van der Waals surface area contributed by atoms with Gasteiger partial charge in [0.05, 0.1) is 43.0 Å². The predicted molar refractivity (Wildman–Crippen MR) is 102 cm³/mol. The van der Waals surface area contributed by atoms with Crippen LogP contribution in [0.1, 0.15) is 19.2 Å². The maximum absolute atomic E-state index is 12.6. The number of nitrogens with zero attached hydrogens (tertiary/aromatic N) is 2. The summed E-state index contributed by atoms with van der Waals surface area (Å²) in [6, 6.07) is 5.38. The first-order chi connectivity index (χ1) is 13.4. The zero-order valence-electron chi connectivity index (χ0n) is 15.9. The van der Waals surface area contributed by atoms with Gasteiger partial charge in [-0.25, -0.2) is 9.78 Å². The molecule has 1 atom stereocenters. The first-order valence-corrected chi connectivity index (χ1v) is 9.08. The van der Waals surface area contributed by atoms with Crippen molar-refractivity contribution in [3.8, 4) is 0 Å². The number of esters is 1. The van der Waals surface area contributed by atoms with Gasteiger partial charge in [0.1, 0.15) is 11.5 Å². The number of anilines is 1. The number of benzene rings is 1. The summed E-state index contributed by atoms with van der Waals surface area (Å²) >= 11 is 0. The van der Waals surface area contributed by atoms with E-state index < -0.39 is 12.1 Å². The molecule has 0 bridgehead atoms. The molecule has 9 nitrogen and oxygen atoms in total. The van der Waals surface area contributed by atoms with Crippen LogP contribution >= 0.6 is 0 Å². The Morgan fingerprint density at radius 3 is 2.93 bits per heavy atom. The minimum absolute atomic E-state index is 0.0875. The highest BCUT2D eigenvalue weighted by Crippen LogP contribution is 2.25. The molecule has 0 saturated carbocycles. The highest BCUT2D eigenvalue weighted by atomic mass is 16.5. The summed E-state index contributed by atoms with van der Waals surface area (Å²) in [6.45, 7) is 1.76. The topological polar surface area (TPSA) is 128 Å². The zero-order chi connectivity index (χ0) is 20.3. The van der Waals surface area contributed by atoms with Gasteiger partial charge in [0.15, 0.2) is 0 Å². The van der Waals surface area contributed by atoms with Crippen molar-refractivity contribution in [1.29, 1.82) is 0 Å². The van der Waals surface area contributed by atoms with Crippen molar-refractivity contribution >= 4 is 28.6 Å². The summed E-state index contributed by atoms with van der Waals surface area (Å²) in [5, 5.41) is 21.6. The molecule has 0 fully saturated rings. The molecule has 0 spiro atoms. The van der Waals surface area contributed by atoms with Gasteiger partial charge >= 0.3 is 5.97 Å². The second-order valence-electron chi connectivity index (χ2n) is 6.72. The van der Waals surface area contributed by atoms with Crippen molar-refractivity contribution in [2.75, 3.05) is 32.1 Å². The van der Waals surface area contributed by atoms with E-state index >= 15 is 0 Å². The van der Waals surface area contributed by atoms with Gasteiger partial charge in [-0.3, -0.25) is 4.79 Å². The lowest BCUT2D eigenvalue weighted by molar-refractivity contribution is -0.136. The van der Waals surface area contributed by atoms with Gasteiger partial charge in [-0.2, -0.15) is 0 Å². The fourth-order valence-electron chi connectivity index (χ4n) is 3.10. The number of imidazole rings is 1. The van der Waals surface area contributed by atoms with E-state index in [2.05, 4.69) is 15.3 Å². The van der Waals surface area contributed by atoms with E-state index in [0.29, 0.717) is 18.5 Å². The van der Waals surface area contributed by atoms with Crippen LogP contribution in [0.15, 0.2) is 29.5 Å². The van der Waals surface area contributed by atoms with Crippen LogP contribution in [0.25, 0.3) is 11.0 Å². The Hall–Kier alpha value is -2.91. The number of hydrogen-bond donors (Lipinski definition) is 4. The molecule has 3 rings (SSSR count). The Bertz CT molecular complexity index is 918. The molecular formula is C19H24N4O5. The number of fused-ring (bicyclic) bond motifs is 1. The van der Waals surface area contributed by atoms with Crippen LogP contribution in [0.5, 0.6) is 0 Å². The van der Waals surface area contributed by atoms with Gasteiger partial charge in [-0.1, -0.05) is 0 Å². The van der Waals surface area contributed by atoms with Gasteiger partial charge in [-0.15, -0.1) is 0 Å². The number of carbonyl (C=O) groups excluding carboxylic acids is 2. The maximum atomic E-state index is 12.6. The second-order valence-corrected chi connectivity index (χ2v) is 6.72. The van der Waals surface area contributed by atoms with Crippen LogP contribution in [-0.2, 0) is 20.7 Å². The fourth-order valence-corrected chi connectivity index (χ4v) is 3.10. The van der Waals surface area contributed by atoms with E-state index in [1.807, 2.05) is 6.07 Å².